The SMILES string of the molecule is OCc1nc(-c2ccccc2Br)no1. The minimum atomic E-state index is -0.239. The van der Waals surface area contributed by atoms with Gasteiger partial charge in [-0.3, -0.25) is 0 Å². The van der Waals surface area contributed by atoms with Crippen molar-refractivity contribution in [2.75, 3.05) is 0 Å². The lowest BCUT2D eigenvalue weighted by molar-refractivity contribution is 0.222. The standard InChI is InChI=1S/C9H7BrN2O2/c10-7-4-2-1-3-6(7)9-11-8(5-13)14-12-9/h1-4,13H,5H2. The van der Waals surface area contributed by atoms with Crippen molar-refractivity contribution in [2.24, 2.45) is 0 Å². The van der Waals surface area contributed by atoms with Crippen LogP contribution in [0.15, 0.2) is 33.3 Å². The molecule has 0 radical (unpaired) electrons. The minimum Gasteiger partial charge on any atom is -0.387 e. The van der Waals surface area contributed by atoms with Crippen LogP contribution in [0.4, 0.5) is 0 Å². The largest absolute Gasteiger partial charge is 0.387 e. The Balaban J connectivity index is 2.44. The first-order valence-corrected chi connectivity index (χ1v) is 4.79. The summed E-state index contributed by atoms with van der Waals surface area (Å²) in [6.45, 7) is -0.239. The van der Waals surface area contributed by atoms with E-state index in [1.807, 2.05) is 24.3 Å². The molecule has 0 atom stereocenters. The summed E-state index contributed by atoms with van der Waals surface area (Å²) in [7, 11) is 0. The molecule has 0 aliphatic rings. The van der Waals surface area contributed by atoms with Crippen molar-refractivity contribution in [2.45, 2.75) is 6.61 Å². The number of aliphatic hydroxyl groups is 1. The number of rotatable bonds is 2. The lowest BCUT2D eigenvalue weighted by atomic mass is 10.2. The molecule has 14 heavy (non-hydrogen) atoms. The predicted molar refractivity (Wildman–Crippen MR) is 53.4 cm³/mol. The van der Waals surface area contributed by atoms with Crippen LogP contribution in [0.25, 0.3) is 11.4 Å². The van der Waals surface area contributed by atoms with Gasteiger partial charge in [0.15, 0.2) is 0 Å². The summed E-state index contributed by atoms with van der Waals surface area (Å²) in [5.41, 5.74) is 0.843. The van der Waals surface area contributed by atoms with Gasteiger partial charge in [0.25, 0.3) is 5.89 Å². The number of benzene rings is 1. The Morgan fingerprint density at radius 3 is 2.79 bits per heavy atom. The van der Waals surface area contributed by atoms with Gasteiger partial charge >= 0.3 is 0 Å². The molecule has 0 aliphatic carbocycles. The quantitative estimate of drug-likeness (QED) is 0.891. The Bertz CT molecular complexity index is 442. The van der Waals surface area contributed by atoms with E-state index in [2.05, 4.69) is 26.1 Å². The normalized spacial score (nSPS) is 10.4. The molecule has 0 amide bonds. The number of aromatic nitrogens is 2. The Hall–Kier alpha value is -1.20. The van der Waals surface area contributed by atoms with Gasteiger partial charge < -0.3 is 9.63 Å². The van der Waals surface area contributed by atoms with Gasteiger partial charge in [-0.2, -0.15) is 4.98 Å². The monoisotopic (exact) mass is 254 g/mol. The van der Waals surface area contributed by atoms with Crippen molar-refractivity contribution in [3.05, 3.63) is 34.6 Å². The third kappa shape index (κ3) is 1.69. The zero-order chi connectivity index (χ0) is 9.97. The number of aliphatic hydroxyl groups excluding tert-OH is 1. The molecule has 5 heteroatoms. The lowest BCUT2D eigenvalue weighted by Gasteiger charge is -1.96. The second-order valence-electron chi connectivity index (χ2n) is 2.65. The fourth-order valence-electron chi connectivity index (χ4n) is 1.07. The van der Waals surface area contributed by atoms with Crippen LogP contribution in [0.5, 0.6) is 0 Å². The summed E-state index contributed by atoms with van der Waals surface area (Å²) in [5.74, 6) is 0.692. The van der Waals surface area contributed by atoms with Crippen LogP contribution >= 0.6 is 15.9 Å². The molecule has 0 unspecified atom stereocenters. The maximum Gasteiger partial charge on any atom is 0.252 e. The van der Waals surface area contributed by atoms with E-state index in [1.54, 1.807) is 0 Å². The zero-order valence-electron chi connectivity index (χ0n) is 7.14. The van der Waals surface area contributed by atoms with Crippen molar-refractivity contribution >= 4 is 15.9 Å². The van der Waals surface area contributed by atoms with Crippen LogP contribution in [-0.4, -0.2) is 15.2 Å². The van der Waals surface area contributed by atoms with Crippen LogP contribution in [0.1, 0.15) is 5.89 Å². The van der Waals surface area contributed by atoms with Gasteiger partial charge in [0.1, 0.15) is 6.61 Å². The average molecular weight is 255 g/mol. The molecule has 1 aromatic carbocycles. The molecule has 1 aromatic heterocycles. The summed E-state index contributed by atoms with van der Waals surface area (Å²) < 4.78 is 5.69. The minimum absolute atomic E-state index is 0.218. The molecule has 0 saturated heterocycles. The van der Waals surface area contributed by atoms with Crippen molar-refractivity contribution in [3.63, 3.8) is 0 Å². The molecule has 0 fully saturated rings. The summed E-state index contributed by atoms with van der Waals surface area (Å²) in [6, 6.07) is 7.55. The van der Waals surface area contributed by atoms with Crippen LogP contribution in [0.3, 0.4) is 0 Å². The van der Waals surface area contributed by atoms with Gasteiger partial charge in [-0.25, -0.2) is 0 Å². The predicted octanol–water partition coefficient (Wildman–Crippen LogP) is 1.99. The zero-order valence-corrected chi connectivity index (χ0v) is 8.73. The van der Waals surface area contributed by atoms with Crippen LogP contribution < -0.4 is 0 Å². The van der Waals surface area contributed by atoms with Crippen molar-refractivity contribution in [1.82, 2.24) is 10.1 Å². The maximum atomic E-state index is 8.76. The first-order chi connectivity index (χ1) is 6.81. The molecule has 0 aliphatic heterocycles. The summed E-state index contributed by atoms with van der Waals surface area (Å²) in [4.78, 5) is 4.00. The maximum absolute atomic E-state index is 8.76. The Kier molecular flexibility index (Phi) is 2.60. The second kappa shape index (κ2) is 3.89. The van der Waals surface area contributed by atoms with E-state index >= 15 is 0 Å². The molecular formula is C9H7BrN2O2. The highest BCUT2D eigenvalue weighted by atomic mass is 79.9. The van der Waals surface area contributed by atoms with E-state index in [1.165, 1.54) is 0 Å². The molecule has 72 valence electrons. The Morgan fingerprint density at radius 2 is 2.14 bits per heavy atom. The number of halogens is 1. The molecular weight excluding hydrogens is 248 g/mol. The van der Waals surface area contributed by atoms with Gasteiger partial charge in [0.05, 0.1) is 0 Å². The van der Waals surface area contributed by atoms with E-state index in [0.717, 1.165) is 10.0 Å². The molecule has 2 rings (SSSR count). The highest BCUT2D eigenvalue weighted by Crippen LogP contribution is 2.25. The van der Waals surface area contributed by atoms with Crippen molar-refractivity contribution < 1.29 is 9.63 Å². The fraction of sp³-hybridized carbons (Fsp3) is 0.111. The summed E-state index contributed by atoms with van der Waals surface area (Å²) >= 11 is 3.38. The van der Waals surface area contributed by atoms with E-state index in [0.29, 0.717) is 5.82 Å². The highest BCUT2D eigenvalue weighted by molar-refractivity contribution is 9.10. The van der Waals surface area contributed by atoms with Crippen molar-refractivity contribution in [3.8, 4) is 11.4 Å². The highest BCUT2D eigenvalue weighted by Gasteiger charge is 2.09. The molecule has 1 heterocycles. The molecule has 0 spiro atoms. The molecule has 1 N–H and O–H groups in total. The third-order valence-electron chi connectivity index (χ3n) is 1.72. The first kappa shape index (κ1) is 9.36. The smallest absolute Gasteiger partial charge is 0.252 e. The lowest BCUT2D eigenvalue weighted by Crippen LogP contribution is -1.84. The molecule has 4 nitrogen and oxygen atoms in total. The van der Waals surface area contributed by atoms with Crippen molar-refractivity contribution in [1.29, 1.82) is 0 Å². The Morgan fingerprint density at radius 1 is 1.36 bits per heavy atom. The van der Waals surface area contributed by atoms with Crippen LogP contribution in [-0.2, 0) is 6.61 Å². The van der Waals surface area contributed by atoms with Gasteiger partial charge in [-0.15, -0.1) is 0 Å². The molecule has 2 aromatic rings. The Labute approximate surface area is 88.7 Å². The number of hydrogen-bond acceptors (Lipinski definition) is 4. The van der Waals surface area contributed by atoms with E-state index in [9.17, 15) is 0 Å². The second-order valence-corrected chi connectivity index (χ2v) is 3.50. The number of hydrogen-bond donors (Lipinski definition) is 1. The van der Waals surface area contributed by atoms with Crippen LogP contribution in [0.2, 0.25) is 0 Å². The third-order valence-corrected chi connectivity index (χ3v) is 2.41. The first-order valence-electron chi connectivity index (χ1n) is 3.99. The van der Waals surface area contributed by atoms with Gasteiger partial charge in [0.2, 0.25) is 5.82 Å². The van der Waals surface area contributed by atoms with Gasteiger partial charge in [0, 0.05) is 10.0 Å². The number of nitrogens with zero attached hydrogens (tertiary/aromatic N) is 2. The average Bonchev–Trinajstić information content (AvgIpc) is 2.67. The molecule has 0 bridgehead atoms. The van der Waals surface area contributed by atoms with E-state index in [-0.39, 0.29) is 12.5 Å². The van der Waals surface area contributed by atoms with Gasteiger partial charge in [-0.05, 0) is 12.1 Å². The van der Waals surface area contributed by atoms with Gasteiger partial charge in [-0.1, -0.05) is 33.2 Å². The van der Waals surface area contributed by atoms with E-state index in [4.69, 9.17) is 9.63 Å². The van der Waals surface area contributed by atoms with E-state index < -0.39 is 0 Å². The fourth-order valence-corrected chi connectivity index (χ4v) is 1.53. The van der Waals surface area contributed by atoms with Crippen LogP contribution in [0, 0.1) is 0 Å². The topological polar surface area (TPSA) is 59.2 Å². The summed E-state index contributed by atoms with van der Waals surface area (Å²) in [5, 5.41) is 12.5. The summed E-state index contributed by atoms with van der Waals surface area (Å²) in [6.07, 6.45) is 0. The molecule has 0 saturated carbocycles.